The van der Waals surface area contributed by atoms with Crippen molar-refractivity contribution in [2.45, 2.75) is 32.5 Å². The van der Waals surface area contributed by atoms with Crippen LogP contribution in [0.2, 0.25) is 5.02 Å². The third-order valence-electron chi connectivity index (χ3n) is 3.58. The maximum atomic E-state index is 12.2. The highest BCUT2D eigenvalue weighted by Gasteiger charge is 2.15. The molecule has 3 aromatic heterocycles. The van der Waals surface area contributed by atoms with Crippen molar-refractivity contribution < 1.29 is 14.1 Å². The van der Waals surface area contributed by atoms with Crippen molar-refractivity contribution >= 4 is 17.5 Å². The Bertz CT molecular complexity index is 850. The summed E-state index contributed by atoms with van der Waals surface area (Å²) in [5, 5.41) is 11.3. The van der Waals surface area contributed by atoms with E-state index in [0.29, 0.717) is 16.5 Å². The lowest BCUT2D eigenvalue weighted by molar-refractivity contribution is 0.0928. The van der Waals surface area contributed by atoms with Crippen molar-refractivity contribution in [2.75, 3.05) is 0 Å². The van der Waals surface area contributed by atoms with Gasteiger partial charge in [-0.1, -0.05) is 16.8 Å². The first-order chi connectivity index (χ1) is 12.6. The molecule has 1 atom stereocenters. The number of carbonyl (C=O) groups is 1. The van der Waals surface area contributed by atoms with Crippen LogP contribution >= 0.6 is 11.6 Å². The van der Waals surface area contributed by atoms with Gasteiger partial charge in [0, 0.05) is 43.3 Å². The Hall–Kier alpha value is -2.87. The first kappa shape index (κ1) is 17.9. The highest BCUT2D eigenvalue weighted by Crippen LogP contribution is 2.17. The monoisotopic (exact) mass is 375 g/mol. The van der Waals surface area contributed by atoms with Crippen LogP contribution in [0, 0.1) is 0 Å². The zero-order valence-corrected chi connectivity index (χ0v) is 14.9. The molecule has 3 rings (SSSR count). The summed E-state index contributed by atoms with van der Waals surface area (Å²) >= 11 is 5.84. The van der Waals surface area contributed by atoms with Gasteiger partial charge in [-0.3, -0.25) is 14.5 Å². The van der Waals surface area contributed by atoms with Crippen molar-refractivity contribution in [2.24, 2.45) is 0 Å². The van der Waals surface area contributed by atoms with E-state index in [-0.39, 0.29) is 24.2 Å². The van der Waals surface area contributed by atoms with E-state index < -0.39 is 0 Å². The number of nitrogens with zero attached hydrogens (tertiary/aromatic N) is 4. The number of amides is 1. The molecule has 0 spiro atoms. The lowest BCUT2D eigenvalue weighted by Crippen LogP contribution is -2.33. The lowest BCUT2D eigenvalue weighted by Gasteiger charge is -2.12. The molecule has 136 valence electrons. The second-order valence-corrected chi connectivity index (χ2v) is 6.17. The molecule has 0 fully saturated rings. The van der Waals surface area contributed by atoms with Gasteiger partial charge in [0.25, 0.3) is 5.91 Å². The van der Waals surface area contributed by atoms with Crippen molar-refractivity contribution in [1.29, 1.82) is 0 Å². The number of pyridine rings is 1. The summed E-state index contributed by atoms with van der Waals surface area (Å²) in [7, 11) is 0. The third kappa shape index (κ3) is 5.06. The fourth-order valence-corrected chi connectivity index (χ4v) is 2.41. The molecule has 0 unspecified atom stereocenters. The van der Waals surface area contributed by atoms with Crippen molar-refractivity contribution in [3.05, 3.63) is 59.5 Å². The van der Waals surface area contributed by atoms with Gasteiger partial charge in [0.1, 0.15) is 12.4 Å². The van der Waals surface area contributed by atoms with Crippen LogP contribution in [0.25, 0.3) is 0 Å². The number of aryl methyl sites for hydroxylation is 1. The maximum absolute atomic E-state index is 12.2. The van der Waals surface area contributed by atoms with Crippen LogP contribution in [-0.2, 0) is 13.2 Å². The predicted octanol–water partition coefficient (Wildman–Crippen LogP) is 2.71. The number of aromatic nitrogens is 4. The smallest absolute Gasteiger partial charge is 0.273 e. The van der Waals surface area contributed by atoms with Crippen molar-refractivity contribution in [3.8, 4) is 5.75 Å². The molecule has 0 saturated carbocycles. The van der Waals surface area contributed by atoms with Crippen LogP contribution in [0.5, 0.6) is 5.75 Å². The van der Waals surface area contributed by atoms with E-state index in [0.717, 1.165) is 13.0 Å². The Balaban J connectivity index is 1.47. The van der Waals surface area contributed by atoms with Gasteiger partial charge in [0.15, 0.2) is 11.5 Å². The number of ether oxygens (including phenoxy) is 1. The minimum absolute atomic E-state index is 0.0272. The second kappa shape index (κ2) is 8.48. The Morgan fingerprint density at radius 1 is 1.42 bits per heavy atom. The van der Waals surface area contributed by atoms with Crippen LogP contribution in [0.1, 0.15) is 29.6 Å². The zero-order chi connectivity index (χ0) is 18.4. The van der Waals surface area contributed by atoms with Crippen LogP contribution in [0.15, 0.2) is 47.5 Å². The number of rotatable bonds is 8. The number of hydrogen-bond acceptors (Lipinski definition) is 6. The minimum atomic E-state index is -0.294. The highest BCUT2D eigenvalue weighted by atomic mass is 35.5. The molecule has 1 amide bonds. The molecule has 1 N–H and O–H groups in total. The lowest BCUT2D eigenvalue weighted by atomic mass is 10.2. The largest absolute Gasteiger partial charge is 0.484 e. The quantitative estimate of drug-likeness (QED) is 0.650. The molecule has 26 heavy (non-hydrogen) atoms. The summed E-state index contributed by atoms with van der Waals surface area (Å²) in [5.74, 6) is 0.642. The van der Waals surface area contributed by atoms with Gasteiger partial charge in [0.05, 0.1) is 11.2 Å². The van der Waals surface area contributed by atoms with Gasteiger partial charge in [-0.25, -0.2) is 0 Å². The summed E-state index contributed by atoms with van der Waals surface area (Å²) in [6.07, 6.45) is 7.41. The molecule has 0 aliphatic carbocycles. The SMILES string of the molecule is C[C@H](CCn1cccn1)NC(=O)c1cc(COc2cncc(Cl)c2)on1. The molecular formula is C17H18ClN5O3. The van der Waals surface area contributed by atoms with Crippen LogP contribution < -0.4 is 10.1 Å². The second-order valence-electron chi connectivity index (χ2n) is 5.74. The average molecular weight is 376 g/mol. The minimum Gasteiger partial charge on any atom is -0.484 e. The molecule has 0 bridgehead atoms. The summed E-state index contributed by atoms with van der Waals surface area (Å²) < 4.78 is 12.5. The number of nitrogens with one attached hydrogen (secondary N) is 1. The van der Waals surface area contributed by atoms with E-state index in [9.17, 15) is 4.79 Å². The van der Waals surface area contributed by atoms with E-state index in [2.05, 4.69) is 20.6 Å². The highest BCUT2D eigenvalue weighted by molar-refractivity contribution is 6.30. The Kier molecular flexibility index (Phi) is 5.85. The average Bonchev–Trinajstić information content (AvgIpc) is 3.30. The molecule has 9 heteroatoms. The van der Waals surface area contributed by atoms with E-state index in [4.69, 9.17) is 20.9 Å². The molecule has 0 saturated heterocycles. The number of hydrogen-bond donors (Lipinski definition) is 1. The van der Waals surface area contributed by atoms with E-state index in [1.807, 2.05) is 23.9 Å². The number of carbonyl (C=O) groups excluding carboxylic acids is 1. The summed E-state index contributed by atoms with van der Waals surface area (Å²) in [6, 6.07) is 5.02. The molecule has 0 aliphatic rings. The Morgan fingerprint density at radius 3 is 3.08 bits per heavy atom. The fourth-order valence-electron chi connectivity index (χ4n) is 2.24. The van der Waals surface area contributed by atoms with Crippen LogP contribution in [0.3, 0.4) is 0 Å². The molecule has 3 aromatic rings. The predicted molar refractivity (Wildman–Crippen MR) is 93.9 cm³/mol. The molecule has 0 radical (unpaired) electrons. The van der Waals surface area contributed by atoms with Crippen molar-refractivity contribution in [1.82, 2.24) is 25.2 Å². The molecule has 0 aliphatic heterocycles. The molecule has 0 aromatic carbocycles. The van der Waals surface area contributed by atoms with Gasteiger partial charge < -0.3 is 14.6 Å². The van der Waals surface area contributed by atoms with Gasteiger partial charge in [-0.05, 0) is 19.4 Å². The van der Waals surface area contributed by atoms with Gasteiger partial charge in [-0.2, -0.15) is 5.10 Å². The van der Waals surface area contributed by atoms with Crippen molar-refractivity contribution in [3.63, 3.8) is 0 Å². The van der Waals surface area contributed by atoms with Gasteiger partial charge >= 0.3 is 0 Å². The maximum Gasteiger partial charge on any atom is 0.273 e. The molecular weight excluding hydrogens is 358 g/mol. The van der Waals surface area contributed by atoms with Crippen LogP contribution in [-0.4, -0.2) is 31.9 Å². The first-order valence-electron chi connectivity index (χ1n) is 8.07. The first-order valence-corrected chi connectivity index (χ1v) is 8.45. The summed E-state index contributed by atoms with van der Waals surface area (Å²) in [6.45, 7) is 2.77. The van der Waals surface area contributed by atoms with E-state index >= 15 is 0 Å². The molecule has 3 heterocycles. The standard InChI is InChI=1S/C17H18ClN5O3/c1-12(3-6-23-5-2-4-20-23)21-17(24)16-8-15(26-22-16)11-25-14-7-13(18)9-19-10-14/h2,4-5,7-10,12H,3,6,11H2,1H3,(H,21,24)/t12-/m1/s1. The van der Waals surface area contributed by atoms with Gasteiger partial charge in [-0.15, -0.1) is 0 Å². The Labute approximate surface area is 155 Å². The number of halogens is 1. The fraction of sp³-hybridized carbons (Fsp3) is 0.294. The van der Waals surface area contributed by atoms with E-state index in [1.165, 1.54) is 12.4 Å². The Morgan fingerprint density at radius 2 is 2.31 bits per heavy atom. The zero-order valence-electron chi connectivity index (χ0n) is 14.1. The molecule has 8 nitrogen and oxygen atoms in total. The van der Waals surface area contributed by atoms with E-state index in [1.54, 1.807) is 18.3 Å². The summed E-state index contributed by atoms with van der Waals surface area (Å²) in [4.78, 5) is 16.1. The van der Waals surface area contributed by atoms with Crippen LogP contribution in [0.4, 0.5) is 0 Å². The van der Waals surface area contributed by atoms with Gasteiger partial charge in [0.2, 0.25) is 0 Å². The topological polar surface area (TPSA) is 95.1 Å². The third-order valence-corrected chi connectivity index (χ3v) is 3.79. The summed E-state index contributed by atoms with van der Waals surface area (Å²) in [5.41, 5.74) is 0.207. The normalized spacial score (nSPS) is 11.9.